The highest BCUT2D eigenvalue weighted by Gasteiger charge is 2.03. The summed E-state index contributed by atoms with van der Waals surface area (Å²) in [6, 6.07) is 0. The molecular weight excluding hydrogens is 214 g/mol. The largest absolute Gasteiger partial charge is 0.303 e. The molecule has 0 N–H and O–H groups in total. The summed E-state index contributed by atoms with van der Waals surface area (Å²) in [5.74, 6) is 0. The maximum atomic E-state index is 10.1. The molecule has 4 heteroatoms. The molecule has 0 saturated carbocycles. The Morgan fingerprint density at radius 2 is 2.50 bits per heavy atom. The van der Waals surface area contributed by atoms with Crippen molar-refractivity contribution >= 4 is 33.6 Å². The zero-order valence-electron chi connectivity index (χ0n) is 5.43. The van der Waals surface area contributed by atoms with E-state index in [1.807, 2.05) is 6.92 Å². The second-order valence-corrected chi connectivity index (χ2v) is 3.86. The molecule has 0 unspecified atom stereocenters. The monoisotopic (exact) mass is 219 g/mol. The molecule has 0 bridgehead atoms. The van der Waals surface area contributed by atoms with Crippen LogP contribution in [0.3, 0.4) is 0 Å². The first-order valence-corrected chi connectivity index (χ1v) is 4.40. The Morgan fingerprint density at radius 3 is 2.90 bits per heavy atom. The molecule has 0 amide bonds. The van der Waals surface area contributed by atoms with Gasteiger partial charge in [-0.15, -0.1) is 11.3 Å². The van der Waals surface area contributed by atoms with Gasteiger partial charge in [0.1, 0.15) is 10.9 Å². The minimum atomic E-state index is 0.464. The van der Waals surface area contributed by atoms with Crippen LogP contribution in [0.2, 0.25) is 0 Å². The van der Waals surface area contributed by atoms with Crippen molar-refractivity contribution in [1.82, 2.24) is 4.98 Å². The second kappa shape index (κ2) is 3.25. The van der Waals surface area contributed by atoms with E-state index in [1.165, 1.54) is 0 Å². The highest BCUT2D eigenvalue weighted by molar-refractivity contribution is 9.10. The van der Waals surface area contributed by atoms with E-state index in [4.69, 9.17) is 0 Å². The van der Waals surface area contributed by atoms with Gasteiger partial charge in [0.15, 0.2) is 0 Å². The molecule has 0 atom stereocenters. The number of carbonyl (C=O) groups excluding carboxylic acids is 1. The molecule has 10 heavy (non-hydrogen) atoms. The van der Waals surface area contributed by atoms with Crippen LogP contribution >= 0.6 is 27.3 Å². The molecule has 0 aliphatic carbocycles. The summed E-state index contributed by atoms with van der Waals surface area (Å²) in [6.45, 7) is 1.92. The zero-order chi connectivity index (χ0) is 7.56. The van der Waals surface area contributed by atoms with Crippen molar-refractivity contribution in [2.24, 2.45) is 0 Å². The number of aromatic nitrogens is 1. The van der Waals surface area contributed by atoms with E-state index in [0.29, 0.717) is 6.42 Å². The van der Waals surface area contributed by atoms with Crippen molar-refractivity contribution in [3.05, 3.63) is 14.5 Å². The number of aryl methyl sites for hydroxylation is 1. The first-order valence-electron chi connectivity index (χ1n) is 2.79. The molecule has 0 radical (unpaired) electrons. The van der Waals surface area contributed by atoms with Crippen molar-refractivity contribution in [3.8, 4) is 0 Å². The molecule has 0 aliphatic heterocycles. The van der Waals surface area contributed by atoms with Crippen LogP contribution in [0.4, 0.5) is 0 Å². The molecule has 0 fully saturated rings. The lowest BCUT2D eigenvalue weighted by atomic mass is 10.4. The van der Waals surface area contributed by atoms with Crippen LogP contribution in [-0.4, -0.2) is 11.3 Å². The Balaban J connectivity index is 2.91. The molecule has 54 valence electrons. The summed E-state index contributed by atoms with van der Waals surface area (Å²) in [5, 5.41) is 0.990. The molecule has 0 aliphatic rings. The lowest BCUT2D eigenvalue weighted by Crippen LogP contribution is -1.80. The third kappa shape index (κ3) is 1.64. The Morgan fingerprint density at radius 1 is 1.80 bits per heavy atom. The highest BCUT2D eigenvalue weighted by Crippen LogP contribution is 2.22. The van der Waals surface area contributed by atoms with Gasteiger partial charge >= 0.3 is 0 Å². The first kappa shape index (κ1) is 7.88. The van der Waals surface area contributed by atoms with Gasteiger partial charge in [0.25, 0.3) is 0 Å². The van der Waals surface area contributed by atoms with Gasteiger partial charge in [0, 0.05) is 11.3 Å². The van der Waals surface area contributed by atoms with Gasteiger partial charge in [0.05, 0.1) is 5.01 Å². The molecule has 1 rings (SSSR count). The Kier molecular flexibility index (Phi) is 2.56. The van der Waals surface area contributed by atoms with E-state index in [0.717, 1.165) is 20.8 Å². The molecule has 0 saturated heterocycles. The molecule has 0 aromatic carbocycles. The molecular formula is C6H6BrNOS. The van der Waals surface area contributed by atoms with E-state index in [-0.39, 0.29) is 0 Å². The van der Waals surface area contributed by atoms with Gasteiger partial charge in [-0.1, -0.05) is 0 Å². The Bertz CT molecular complexity index is 246. The van der Waals surface area contributed by atoms with Gasteiger partial charge in [-0.2, -0.15) is 0 Å². The summed E-state index contributed by atoms with van der Waals surface area (Å²) in [7, 11) is 0. The number of rotatable bonds is 2. The fourth-order valence-corrected chi connectivity index (χ4v) is 2.21. The van der Waals surface area contributed by atoms with Gasteiger partial charge in [0.2, 0.25) is 0 Å². The highest BCUT2D eigenvalue weighted by atomic mass is 79.9. The average molecular weight is 220 g/mol. The number of thiazole rings is 1. The summed E-state index contributed by atoms with van der Waals surface area (Å²) >= 11 is 4.81. The molecule has 2 nitrogen and oxygen atoms in total. The maximum Gasteiger partial charge on any atom is 0.125 e. The average Bonchev–Trinajstić information content (AvgIpc) is 2.13. The summed E-state index contributed by atoms with van der Waals surface area (Å²) in [5.41, 5.74) is 0. The van der Waals surface area contributed by atoms with E-state index < -0.39 is 0 Å². The van der Waals surface area contributed by atoms with Gasteiger partial charge < -0.3 is 4.79 Å². The predicted molar refractivity (Wildman–Crippen MR) is 44.3 cm³/mol. The van der Waals surface area contributed by atoms with Crippen LogP contribution in [0, 0.1) is 6.92 Å². The Hall–Kier alpha value is -0.220. The SMILES string of the molecule is Cc1nc(Br)c(CC=O)s1. The third-order valence-corrected chi connectivity index (χ3v) is 2.94. The number of hydrogen-bond donors (Lipinski definition) is 0. The van der Waals surface area contributed by atoms with Gasteiger partial charge in [-0.25, -0.2) is 4.98 Å². The van der Waals surface area contributed by atoms with Crippen molar-refractivity contribution in [3.63, 3.8) is 0 Å². The number of carbonyl (C=O) groups is 1. The quantitative estimate of drug-likeness (QED) is 0.713. The van der Waals surface area contributed by atoms with Crippen LogP contribution in [-0.2, 0) is 11.2 Å². The fraction of sp³-hybridized carbons (Fsp3) is 0.333. The van der Waals surface area contributed by atoms with Crippen LogP contribution in [0.25, 0.3) is 0 Å². The summed E-state index contributed by atoms with van der Waals surface area (Å²) in [6.07, 6.45) is 1.35. The molecule has 1 aromatic heterocycles. The van der Waals surface area contributed by atoms with E-state index >= 15 is 0 Å². The number of nitrogens with zero attached hydrogens (tertiary/aromatic N) is 1. The number of halogens is 1. The zero-order valence-corrected chi connectivity index (χ0v) is 7.83. The van der Waals surface area contributed by atoms with Crippen LogP contribution < -0.4 is 0 Å². The lowest BCUT2D eigenvalue weighted by molar-refractivity contribution is -0.107. The third-order valence-electron chi connectivity index (χ3n) is 1.03. The fourth-order valence-electron chi connectivity index (χ4n) is 0.645. The Labute approximate surface area is 71.4 Å². The molecule has 1 aromatic rings. The van der Waals surface area contributed by atoms with Crippen molar-refractivity contribution < 1.29 is 4.79 Å². The maximum absolute atomic E-state index is 10.1. The summed E-state index contributed by atoms with van der Waals surface area (Å²) < 4.78 is 0.808. The minimum Gasteiger partial charge on any atom is -0.303 e. The normalized spacial score (nSPS) is 9.80. The predicted octanol–water partition coefficient (Wildman–Crippen LogP) is 1.96. The topological polar surface area (TPSA) is 30.0 Å². The van der Waals surface area contributed by atoms with Gasteiger partial charge in [-0.05, 0) is 22.9 Å². The van der Waals surface area contributed by atoms with E-state index in [1.54, 1.807) is 11.3 Å². The molecule has 1 heterocycles. The van der Waals surface area contributed by atoms with E-state index in [9.17, 15) is 4.79 Å². The van der Waals surface area contributed by atoms with Crippen molar-refractivity contribution in [1.29, 1.82) is 0 Å². The molecule has 0 spiro atoms. The minimum absolute atomic E-state index is 0.464. The van der Waals surface area contributed by atoms with Crippen molar-refractivity contribution in [2.45, 2.75) is 13.3 Å². The smallest absolute Gasteiger partial charge is 0.125 e. The van der Waals surface area contributed by atoms with Gasteiger partial charge in [-0.3, -0.25) is 0 Å². The van der Waals surface area contributed by atoms with E-state index in [2.05, 4.69) is 20.9 Å². The number of hydrogen-bond acceptors (Lipinski definition) is 3. The first-order chi connectivity index (χ1) is 4.74. The standard InChI is InChI=1S/C6H6BrNOS/c1-4-8-6(7)5(10-4)2-3-9/h3H,2H2,1H3. The lowest BCUT2D eigenvalue weighted by Gasteiger charge is -1.83. The number of aldehydes is 1. The van der Waals surface area contributed by atoms with Crippen LogP contribution in [0.1, 0.15) is 9.88 Å². The summed E-state index contributed by atoms with van der Waals surface area (Å²) in [4.78, 5) is 15.2. The van der Waals surface area contributed by atoms with Crippen LogP contribution in [0.15, 0.2) is 4.60 Å². The van der Waals surface area contributed by atoms with Crippen LogP contribution in [0.5, 0.6) is 0 Å². The second-order valence-electron chi connectivity index (χ2n) is 1.82. The van der Waals surface area contributed by atoms with Crippen molar-refractivity contribution in [2.75, 3.05) is 0 Å².